The molecule has 110 valence electrons. The van der Waals surface area contributed by atoms with Crippen LogP contribution < -0.4 is 11.1 Å². The molecule has 0 radical (unpaired) electrons. The fourth-order valence-electron chi connectivity index (χ4n) is 1.75. The predicted octanol–water partition coefficient (Wildman–Crippen LogP) is 4.19. The van der Waals surface area contributed by atoms with E-state index in [1.54, 1.807) is 6.07 Å². The van der Waals surface area contributed by atoms with Crippen molar-refractivity contribution in [2.24, 2.45) is 0 Å². The van der Waals surface area contributed by atoms with Crippen LogP contribution in [0, 0.1) is 0 Å². The van der Waals surface area contributed by atoms with Crippen molar-refractivity contribution in [3.8, 4) is 0 Å². The van der Waals surface area contributed by atoms with Gasteiger partial charge in [-0.25, -0.2) is 0 Å². The first-order chi connectivity index (χ1) is 9.79. The van der Waals surface area contributed by atoms with Gasteiger partial charge >= 0.3 is 6.18 Å². The van der Waals surface area contributed by atoms with E-state index in [2.05, 4.69) is 5.32 Å². The summed E-state index contributed by atoms with van der Waals surface area (Å²) in [5.41, 5.74) is 4.53. The quantitative estimate of drug-likeness (QED) is 0.816. The molecule has 3 nitrogen and oxygen atoms in total. The van der Waals surface area contributed by atoms with Gasteiger partial charge in [-0.1, -0.05) is 23.7 Å². The highest BCUT2D eigenvalue weighted by atomic mass is 35.5. The topological polar surface area (TPSA) is 55.1 Å². The second kappa shape index (κ2) is 5.65. The zero-order valence-corrected chi connectivity index (χ0v) is 11.3. The number of para-hydroxylation sites is 1. The molecule has 0 saturated carbocycles. The van der Waals surface area contributed by atoms with E-state index in [-0.39, 0.29) is 10.6 Å². The van der Waals surface area contributed by atoms with E-state index < -0.39 is 23.3 Å². The standard InChI is InChI=1S/C14H10ClF3N2O/c15-11-6-2-5-10(14(16,17)18)12(11)20-13(21)8-3-1-4-9(19)7-8/h1-7H,19H2,(H,20,21). The molecule has 21 heavy (non-hydrogen) atoms. The van der Waals surface area contributed by atoms with Gasteiger partial charge in [0.1, 0.15) is 0 Å². The van der Waals surface area contributed by atoms with Crippen molar-refractivity contribution in [1.29, 1.82) is 0 Å². The zero-order chi connectivity index (χ0) is 15.6. The Balaban J connectivity index is 2.38. The van der Waals surface area contributed by atoms with Crippen LogP contribution in [0.5, 0.6) is 0 Å². The van der Waals surface area contributed by atoms with Crippen LogP contribution in [0.2, 0.25) is 5.02 Å². The lowest BCUT2D eigenvalue weighted by atomic mass is 10.1. The SMILES string of the molecule is Nc1cccc(C(=O)Nc2c(Cl)cccc2C(F)(F)F)c1. The Labute approximate surface area is 123 Å². The summed E-state index contributed by atoms with van der Waals surface area (Å²) in [5.74, 6) is -0.721. The third-order valence-electron chi connectivity index (χ3n) is 2.71. The molecule has 0 unspecified atom stereocenters. The number of nitrogens with one attached hydrogen (secondary N) is 1. The van der Waals surface area contributed by atoms with E-state index in [4.69, 9.17) is 17.3 Å². The summed E-state index contributed by atoms with van der Waals surface area (Å²) in [6, 6.07) is 9.18. The van der Waals surface area contributed by atoms with Crippen molar-refractivity contribution in [3.05, 3.63) is 58.6 Å². The highest BCUT2D eigenvalue weighted by Gasteiger charge is 2.34. The van der Waals surface area contributed by atoms with E-state index in [1.807, 2.05) is 0 Å². The number of carbonyl (C=O) groups excluding carboxylic acids is 1. The van der Waals surface area contributed by atoms with E-state index in [0.29, 0.717) is 5.69 Å². The van der Waals surface area contributed by atoms with Gasteiger partial charge in [0.15, 0.2) is 0 Å². The lowest BCUT2D eigenvalue weighted by Crippen LogP contribution is -2.17. The third kappa shape index (κ3) is 3.46. The van der Waals surface area contributed by atoms with Crippen LogP contribution in [0.3, 0.4) is 0 Å². The Kier molecular flexibility index (Phi) is 4.09. The number of alkyl halides is 3. The Morgan fingerprint density at radius 2 is 1.81 bits per heavy atom. The lowest BCUT2D eigenvalue weighted by Gasteiger charge is -2.15. The molecule has 1 amide bonds. The summed E-state index contributed by atoms with van der Waals surface area (Å²) < 4.78 is 38.7. The van der Waals surface area contributed by atoms with Crippen molar-refractivity contribution < 1.29 is 18.0 Å². The molecular formula is C14H10ClF3N2O. The molecule has 0 fully saturated rings. The summed E-state index contributed by atoms with van der Waals surface area (Å²) >= 11 is 5.76. The maximum absolute atomic E-state index is 12.9. The third-order valence-corrected chi connectivity index (χ3v) is 3.02. The van der Waals surface area contributed by atoms with Crippen LogP contribution in [0.15, 0.2) is 42.5 Å². The Morgan fingerprint density at radius 3 is 2.43 bits per heavy atom. The number of hydrogen-bond acceptors (Lipinski definition) is 2. The normalized spacial score (nSPS) is 11.2. The highest BCUT2D eigenvalue weighted by Crippen LogP contribution is 2.38. The van der Waals surface area contributed by atoms with Gasteiger partial charge in [-0.3, -0.25) is 4.79 Å². The molecule has 0 aliphatic heterocycles. The number of amides is 1. The molecule has 0 aromatic heterocycles. The van der Waals surface area contributed by atoms with Crippen molar-refractivity contribution >= 4 is 28.9 Å². The molecule has 0 heterocycles. The molecule has 2 rings (SSSR count). The highest BCUT2D eigenvalue weighted by molar-refractivity contribution is 6.34. The van der Waals surface area contributed by atoms with Gasteiger partial charge < -0.3 is 11.1 Å². The summed E-state index contributed by atoms with van der Waals surface area (Å²) in [7, 11) is 0. The maximum atomic E-state index is 12.9. The molecule has 7 heteroatoms. The fraction of sp³-hybridized carbons (Fsp3) is 0.0714. The Morgan fingerprint density at radius 1 is 1.14 bits per heavy atom. The van der Waals surface area contributed by atoms with Crippen LogP contribution in [-0.2, 0) is 6.18 Å². The minimum Gasteiger partial charge on any atom is -0.399 e. The second-order valence-electron chi connectivity index (χ2n) is 4.24. The maximum Gasteiger partial charge on any atom is 0.418 e. The van der Waals surface area contributed by atoms with Gasteiger partial charge in [-0.2, -0.15) is 13.2 Å². The van der Waals surface area contributed by atoms with Gasteiger partial charge in [0.25, 0.3) is 5.91 Å². The van der Waals surface area contributed by atoms with Crippen molar-refractivity contribution in [2.75, 3.05) is 11.1 Å². The van der Waals surface area contributed by atoms with E-state index in [1.165, 1.54) is 30.3 Å². The van der Waals surface area contributed by atoms with E-state index >= 15 is 0 Å². The summed E-state index contributed by atoms with van der Waals surface area (Å²) in [6.07, 6.45) is -4.62. The van der Waals surface area contributed by atoms with Gasteiger partial charge in [0, 0.05) is 11.3 Å². The van der Waals surface area contributed by atoms with Crippen LogP contribution >= 0.6 is 11.6 Å². The van der Waals surface area contributed by atoms with Crippen molar-refractivity contribution in [3.63, 3.8) is 0 Å². The number of benzene rings is 2. The van der Waals surface area contributed by atoms with Crippen molar-refractivity contribution in [2.45, 2.75) is 6.18 Å². The summed E-state index contributed by atoms with van der Waals surface area (Å²) in [4.78, 5) is 12.0. The first kappa shape index (κ1) is 15.2. The average molecular weight is 315 g/mol. The van der Waals surface area contributed by atoms with E-state index in [0.717, 1.165) is 6.07 Å². The number of anilines is 2. The molecular weight excluding hydrogens is 305 g/mol. The number of carbonyl (C=O) groups is 1. The van der Waals surface area contributed by atoms with Crippen LogP contribution in [0.1, 0.15) is 15.9 Å². The first-order valence-corrected chi connectivity index (χ1v) is 6.19. The lowest BCUT2D eigenvalue weighted by molar-refractivity contribution is -0.136. The molecule has 0 aliphatic carbocycles. The zero-order valence-electron chi connectivity index (χ0n) is 10.5. The summed E-state index contributed by atoms with van der Waals surface area (Å²) in [5, 5.41) is 1.99. The minimum atomic E-state index is -4.62. The smallest absolute Gasteiger partial charge is 0.399 e. The molecule has 2 aromatic carbocycles. The largest absolute Gasteiger partial charge is 0.418 e. The molecule has 0 spiro atoms. The molecule has 0 aliphatic rings. The fourth-order valence-corrected chi connectivity index (χ4v) is 1.97. The Bertz CT molecular complexity index is 686. The van der Waals surface area contributed by atoms with Crippen LogP contribution in [-0.4, -0.2) is 5.91 Å². The number of halogens is 4. The molecule has 0 bridgehead atoms. The van der Waals surface area contributed by atoms with Gasteiger partial charge in [-0.15, -0.1) is 0 Å². The molecule has 2 aromatic rings. The number of hydrogen-bond donors (Lipinski definition) is 2. The number of nitrogens with two attached hydrogens (primary N) is 1. The average Bonchev–Trinajstić information content (AvgIpc) is 2.39. The van der Waals surface area contributed by atoms with Crippen LogP contribution in [0.25, 0.3) is 0 Å². The van der Waals surface area contributed by atoms with Gasteiger partial charge in [-0.05, 0) is 30.3 Å². The van der Waals surface area contributed by atoms with Gasteiger partial charge in [0.05, 0.1) is 16.3 Å². The van der Waals surface area contributed by atoms with Crippen LogP contribution in [0.4, 0.5) is 24.5 Å². The van der Waals surface area contributed by atoms with Crippen molar-refractivity contribution in [1.82, 2.24) is 0 Å². The number of nitrogen functional groups attached to an aromatic ring is 1. The molecule has 3 N–H and O–H groups in total. The molecule has 0 saturated heterocycles. The first-order valence-electron chi connectivity index (χ1n) is 5.81. The monoisotopic (exact) mass is 314 g/mol. The minimum absolute atomic E-state index is 0.142. The summed E-state index contributed by atoms with van der Waals surface area (Å²) in [6.45, 7) is 0. The van der Waals surface area contributed by atoms with Gasteiger partial charge in [0.2, 0.25) is 0 Å². The number of rotatable bonds is 2. The second-order valence-corrected chi connectivity index (χ2v) is 4.65. The predicted molar refractivity (Wildman–Crippen MR) is 75.3 cm³/mol. The Hall–Kier alpha value is -2.21. The molecule has 0 atom stereocenters. The van der Waals surface area contributed by atoms with E-state index in [9.17, 15) is 18.0 Å².